The molecule has 2 saturated carbocycles. The van der Waals surface area contributed by atoms with Crippen molar-refractivity contribution in [2.75, 3.05) is 25.0 Å². The molecular formula is C16H24N2. The van der Waals surface area contributed by atoms with Crippen LogP contribution in [-0.4, -0.2) is 30.6 Å². The lowest BCUT2D eigenvalue weighted by atomic mass is 10.2. The lowest BCUT2D eigenvalue weighted by Gasteiger charge is -2.22. The molecule has 0 bridgehead atoms. The summed E-state index contributed by atoms with van der Waals surface area (Å²) >= 11 is 0. The molecule has 2 fully saturated rings. The average Bonchev–Trinajstić information content (AvgIpc) is 3.22. The molecule has 0 saturated heterocycles. The van der Waals surface area contributed by atoms with E-state index in [0.717, 1.165) is 18.5 Å². The molecule has 2 aliphatic rings. The lowest BCUT2D eigenvalue weighted by Crippen LogP contribution is -2.33. The molecule has 0 atom stereocenters. The molecule has 2 heteroatoms. The molecule has 0 unspecified atom stereocenters. The zero-order valence-corrected chi connectivity index (χ0v) is 11.4. The van der Waals surface area contributed by atoms with Crippen LogP contribution in [0.5, 0.6) is 0 Å². The van der Waals surface area contributed by atoms with Gasteiger partial charge in [0.05, 0.1) is 0 Å². The molecular weight excluding hydrogens is 220 g/mol. The molecule has 98 valence electrons. The Hall–Kier alpha value is -1.02. The van der Waals surface area contributed by atoms with Crippen LogP contribution in [0.1, 0.15) is 31.2 Å². The normalized spacial score (nSPS) is 19.2. The summed E-state index contributed by atoms with van der Waals surface area (Å²) in [4.78, 5) is 2.71. The number of hydrogen-bond acceptors (Lipinski definition) is 2. The van der Waals surface area contributed by atoms with Gasteiger partial charge in [-0.15, -0.1) is 0 Å². The second-order valence-electron chi connectivity index (χ2n) is 5.97. The van der Waals surface area contributed by atoms with E-state index in [1.165, 1.54) is 50.0 Å². The molecule has 0 heterocycles. The lowest BCUT2D eigenvalue weighted by molar-refractivity contribution is 0.262. The van der Waals surface area contributed by atoms with Gasteiger partial charge in [-0.25, -0.2) is 0 Å². The quantitative estimate of drug-likeness (QED) is 0.792. The highest BCUT2D eigenvalue weighted by atomic mass is 15.2. The predicted octanol–water partition coefficient (Wildman–Crippen LogP) is 3.28. The zero-order chi connectivity index (χ0) is 12.4. The first-order valence-corrected chi connectivity index (χ1v) is 7.36. The highest BCUT2D eigenvalue weighted by Gasteiger charge is 2.33. The SMILES string of the molecule is Cc1cccc(NCCN(CC2CC2)C2CC2)c1. The molecule has 1 aromatic rings. The number of nitrogens with one attached hydrogen (secondary N) is 1. The second-order valence-corrected chi connectivity index (χ2v) is 5.97. The Bertz CT molecular complexity index is 394. The maximum Gasteiger partial charge on any atom is 0.0343 e. The number of hydrogen-bond donors (Lipinski definition) is 1. The Morgan fingerprint density at radius 1 is 1.22 bits per heavy atom. The first-order valence-electron chi connectivity index (χ1n) is 7.36. The number of benzene rings is 1. The molecule has 0 aromatic heterocycles. The monoisotopic (exact) mass is 244 g/mol. The van der Waals surface area contributed by atoms with Crippen molar-refractivity contribution in [3.05, 3.63) is 29.8 Å². The van der Waals surface area contributed by atoms with Crippen molar-refractivity contribution in [1.29, 1.82) is 0 Å². The van der Waals surface area contributed by atoms with E-state index in [2.05, 4.69) is 41.4 Å². The number of rotatable bonds is 7. The van der Waals surface area contributed by atoms with Gasteiger partial charge in [0.15, 0.2) is 0 Å². The van der Waals surface area contributed by atoms with Crippen molar-refractivity contribution in [3.8, 4) is 0 Å². The topological polar surface area (TPSA) is 15.3 Å². The highest BCUT2D eigenvalue weighted by molar-refractivity contribution is 5.45. The van der Waals surface area contributed by atoms with Crippen molar-refractivity contribution in [3.63, 3.8) is 0 Å². The van der Waals surface area contributed by atoms with Gasteiger partial charge in [-0.3, -0.25) is 4.90 Å². The van der Waals surface area contributed by atoms with Crippen molar-refractivity contribution >= 4 is 5.69 Å². The van der Waals surface area contributed by atoms with Gasteiger partial charge >= 0.3 is 0 Å². The molecule has 1 aromatic carbocycles. The predicted molar refractivity (Wildman–Crippen MR) is 77.0 cm³/mol. The van der Waals surface area contributed by atoms with Crippen molar-refractivity contribution in [1.82, 2.24) is 4.90 Å². The maximum atomic E-state index is 3.55. The fourth-order valence-corrected chi connectivity index (χ4v) is 2.59. The van der Waals surface area contributed by atoms with Gasteiger partial charge in [-0.1, -0.05) is 12.1 Å². The molecule has 2 nitrogen and oxygen atoms in total. The van der Waals surface area contributed by atoms with E-state index < -0.39 is 0 Å². The highest BCUT2D eigenvalue weighted by Crippen LogP contribution is 2.34. The van der Waals surface area contributed by atoms with Crippen LogP contribution in [0, 0.1) is 12.8 Å². The summed E-state index contributed by atoms with van der Waals surface area (Å²) in [6, 6.07) is 9.57. The summed E-state index contributed by atoms with van der Waals surface area (Å²) in [7, 11) is 0. The van der Waals surface area contributed by atoms with Crippen LogP contribution in [0.4, 0.5) is 5.69 Å². The number of anilines is 1. The van der Waals surface area contributed by atoms with Gasteiger partial charge in [0.1, 0.15) is 0 Å². The van der Waals surface area contributed by atoms with Gasteiger partial charge in [-0.2, -0.15) is 0 Å². The molecule has 0 amide bonds. The molecule has 2 aliphatic carbocycles. The van der Waals surface area contributed by atoms with Crippen LogP contribution in [0.15, 0.2) is 24.3 Å². The Morgan fingerprint density at radius 3 is 2.72 bits per heavy atom. The van der Waals surface area contributed by atoms with E-state index in [-0.39, 0.29) is 0 Å². The summed E-state index contributed by atoms with van der Waals surface area (Å²) in [6.45, 7) is 5.77. The minimum atomic E-state index is 0.907. The standard InChI is InChI=1S/C16H24N2/c1-13-3-2-4-15(11-13)17-9-10-18(16-7-8-16)12-14-5-6-14/h2-4,11,14,16-17H,5-10,12H2,1H3. The van der Waals surface area contributed by atoms with Gasteiger partial charge in [0, 0.05) is 31.4 Å². The minimum absolute atomic E-state index is 0.907. The van der Waals surface area contributed by atoms with E-state index in [9.17, 15) is 0 Å². The van der Waals surface area contributed by atoms with Crippen LogP contribution in [-0.2, 0) is 0 Å². The van der Waals surface area contributed by atoms with Gasteiger partial charge in [-0.05, 0) is 56.2 Å². The van der Waals surface area contributed by atoms with Crippen LogP contribution in [0.3, 0.4) is 0 Å². The van der Waals surface area contributed by atoms with Crippen molar-refractivity contribution in [2.45, 2.75) is 38.6 Å². The van der Waals surface area contributed by atoms with Crippen molar-refractivity contribution in [2.24, 2.45) is 5.92 Å². The Morgan fingerprint density at radius 2 is 2.06 bits per heavy atom. The Kier molecular flexibility index (Phi) is 3.55. The summed E-state index contributed by atoms with van der Waals surface area (Å²) in [6.07, 6.45) is 5.79. The summed E-state index contributed by atoms with van der Waals surface area (Å²) in [5.41, 5.74) is 2.59. The van der Waals surface area contributed by atoms with E-state index in [1.807, 2.05) is 0 Å². The summed E-state index contributed by atoms with van der Waals surface area (Å²) in [5, 5.41) is 3.55. The number of aryl methyl sites for hydroxylation is 1. The third kappa shape index (κ3) is 3.49. The average molecular weight is 244 g/mol. The Labute approximate surface area is 110 Å². The number of nitrogens with zero attached hydrogens (tertiary/aromatic N) is 1. The van der Waals surface area contributed by atoms with Crippen LogP contribution in [0.25, 0.3) is 0 Å². The third-order valence-corrected chi connectivity index (χ3v) is 4.00. The maximum absolute atomic E-state index is 3.55. The van der Waals surface area contributed by atoms with Gasteiger partial charge < -0.3 is 5.32 Å². The van der Waals surface area contributed by atoms with Gasteiger partial charge in [0.25, 0.3) is 0 Å². The van der Waals surface area contributed by atoms with E-state index in [0.29, 0.717) is 0 Å². The van der Waals surface area contributed by atoms with E-state index in [1.54, 1.807) is 0 Å². The summed E-state index contributed by atoms with van der Waals surface area (Å²) in [5.74, 6) is 1.02. The van der Waals surface area contributed by atoms with Gasteiger partial charge in [0.2, 0.25) is 0 Å². The van der Waals surface area contributed by atoms with E-state index in [4.69, 9.17) is 0 Å². The molecule has 0 aliphatic heterocycles. The smallest absolute Gasteiger partial charge is 0.0343 e. The fourth-order valence-electron chi connectivity index (χ4n) is 2.59. The Balaban J connectivity index is 1.44. The minimum Gasteiger partial charge on any atom is -0.384 e. The zero-order valence-electron chi connectivity index (χ0n) is 11.4. The molecule has 1 N–H and O–H groups in total. The summed E-state index contributed by atoms with van der Waals surface area (Å²) < 4.78 is 0. The molecule has 0 spiro atoms. The molecule has 18 heavy (non-hydrogen) atoms. The van der Waals surface area contributed by atoms with E-state index >= 15 is 0 Å². The fraction of sp³-hybridized carbons (Fsp3) is 0.625. The first kappa shape index (κ1) is 12.0. The van der Waals surface area contributed by atoms with Crippen LogP contribution < -0.4 is 5.32 Å². The van der Waals surface area contributed by atoms with Crippen molar-refractivity contribution < 1.29 is 0 Å². The van der Waals surface area contributed by atoms with Crippen LogP contribution >= 0.6 is 0 Å². The molecule has 3 rings (SSSR count). The van der Waals surface area contributed by atoms with Crippen LogP contribution in [0.2, 0.25) is 0 Å². The third-order valence-electron chi connectivity index (χ3n) is 4.00. The molecule has 0 radical (unpaired) electrons. The first-order chi connectivity index (χ1) is 8.81. The second kappa shape index (κ2) is 5.31. The largest absolute Gasteiger partial charge is 0.384 e.